The number of alkyl halides is 3. The Bertz CT molecular complexity index is 1030. The number of carbonyl (C=O) groups excluding carboxylic acids is 1. The summed E-state index contributed by atoms with van der Waals surface area (Å²) in [7, 11) is 0. The van der Waals surface area contributed by atoms with Crippen LogP contribution in [-0.2, 0) is 12.7 Å². The maximum absolute atomic E-state index is 12.8. The molecule has 0 aliphatic heterocycles. The van der Waals surface area contributed by atoms with Gasteiger partial charge >= 0.3 is 6.18 Å². The lowest BCUT2D eigenvalue weighted by molar-refractivity contribution is -0.137. The standard InChI is InChI=1S/C19H14Cl2F3N3O/c1-11-7-17(26-27(11)10-13-5-6-15(20)9-16(13)21)25-18(28)12-3-2-4-14(8-12)19(22,23)24/h2-9H,10H2,1H3,(H,25,26,28). The van der Waals surface area contributed by atoms with E-state index in [-0.39, 0.29) is 11.4 Å². The highest BCUT2D eigenvalue weighted by Gasteiger charge is 2.30. The minimum absolute atomic E-state index is 0.109. The van der Waals surface area contributed by atoms with Crippen LogP contribution in [0.1, 0.15) is 27.2 Å². The molecule has 2 aromatic carbocycles. The first kappa shape index (κ1) is 20.2. The van der Waals surface area contributed by atoms with Crippen molar-refractivity contribution < 1.29 is 18.0 Å². The molecule has 0 aliphatic rings. The van der Waals surface area contributed by atoms with Crippen molar-refractivity contribution in [2.45, 2.75) is 19.6 Å². The monoisotopic (exact) mass is 427 g/mol. The third-order valence-corrected chi connectivity index (χ3v) is 4.60. The van der Waals surface area contributed by atoms with Gasteiger partial charge in [-0.05, 0) is 42.8 Å². The molecule has 0 unspecified atom stereocenters. The molecule has 0 aliphatic carbocycles. The highest BCUT2D eigenvalue weighted by molar-refractivity contribution is 6.35. The fraction of sp³-hybridized carbons (Fsp3) is 0.158. The number of nitrogens with one attached hydrogen (secondary N) is 1. The summed E-state index contributed by atoms with van der Waals surface area (Å²) < 4.78 is 40.1. The van der Waals surface area contributed by atoms with Crippen molar-refractivity contribution in [3.05, 3.63) is 81.0 Å². The van der Waals surface area contributed by atoms with Gasteiger partial charge in [0.05, 0.1) is 12.1 Å². The Hall–Kier alpha value is -2.51. The SMILES string of the molecule is Cc1cc(NC(=O)c2cccc(C(F)(F)F)c2)nn1Cc1ccc(Cl)cc1Cl. The average molecular weight is 428 g/mol. The smallest absolute Gasteiger partial charge is 0.305 e. The summed E-state index contributed by atoms with van der Waals surface area (Å²) in [6.07, 6.45) is -4.52. The first-order valence-corrected chi connectivity index (χ1v) is 8.86. The van der Waals surface area contributed by atoms with Gasteiger partial charge in [0.2, 0.25) is 0 Å². The van der Waals surface area contributed by atoms with Gasteiger partial charge in [-0.1, -0.05) is 35.3 Å². The molecule has 9 heteroatoms. The van der Waals surface area contributed by atoms with E-state index in [4.69, 9.17) is 23.2 Å². The van der Waals surface area contributed by atoms with Gasteiger partial charge in [0.25, 0.3) is 5.91 Å². The number of benzene rings is 2. The van der Waals surface area contributed by atoms with E-state index in [0.717, 1.165) is 23.4 Å². The summed E-state index contributed by atoms with van der Waals surface area (Å²) in [5, 5.41) is 7.79. The van der Waals surface area contributed by atoms with Gasteiger partial charge in [0.1, 0.15) is 0 Å². The Kier molecular flexibility index (Phi) is 5.67. The molecule has 0 fully saturated rings. The topological polar surface area (TPSA) is 46.9 Å². The van der Waals surface area contributed by atoms with Crippen LogP contribution in [0.15, 0.2) is 48.5 Å². The Morgan fingerprint density at radius 3 is 2.57 bits per heavy atom. The van der Waals surface area contributed by atoms with Crippen LogP contribution < -0.4 is 5.32 Å². The second-order valence-electron chi connectivity index (χ2n) is 6.10. The summed E-state index contributed by atoms with van der Waals surface area (Å²) in [5.74, 6) is -0.453. The van der Waals surface area contributed by atoms with E-state index in [9.17, 15) is 18.0 Å². The van der Waals surface area contributed by atoms with E-state index in [1.54, 1.807) is 35.9 Å². The molecule has 0 saturated carbocycles. The van der Waals surface area contributed by atoms with Crippen molar-refractivity contribution in [1.82, 2.24) is 9.78 Å². The van der Waals surface area contributed by atoms with Gasteiger partial charge in [0.15, 0.2) is 5.82 Å². The highest BCUT2D eigenvalue weighted by atomic mass is 35.5. The van der Waals surface area contributed by atoms with Crippen LogP contribution in [0.4, 0.5) is 19.0 Å². The number of nitrogens with zero attached hydrogens (tertiary/aromatic N) is 2. The predicted molar refractivity (Wildman–Crippen MR) is 102 cm³/mol. The van der Waals surface area contributed by atoms with E-state index in [1.165, 1.54) is 12.1 Å². The first-order valence-electron chi connectivity index (χ1n) is 8.10. The molecule has 0 saturated heterocycles. The van der Waals surface area contributed by atoms with Crippen LogP contribution in [0, 0.1) is 6.92 Å². The molecular formula is C19H14Cl2F3N3O. The number of aryl methyl sites for hydroxylation is 1. The fourth-order valence-corrected chi connectivity index (χ4v) is 3.04. The van der Waals surface area contributed by atoms with E-state index in [2.05, 4.69) is 10.4 Å². The number of hydrogen-bond donors (Lipinski definition) is 1. The summed E-state index contributed by atoms with van der Waals surface area (Å²) in [6, 6.07) is 10.9. The van der Waals surface area contributed by atoms with Gasteiger partial charge in [-0.2, -0.15) is 18.3 Å². The Labute approximate surface area is 168 Å². The minimum Gasteiger partial charge on any atom is -0.305 e. The molecule has 0 bridgehead atoms. The number of halogens is 5. The van der Waals surface area contributed by atoms with Crippen LogP contribution in [0.5, 0.6) is 0 Å². The zero-order chi connectivity index (χ0) is 20.5. The van der Waals surface area contributed by atoms with Crippen molar-refractivity contribution in [1.29, 1.82) is 0 Å². The molecule has 28 heavy (non-hydrogen) atoms. The molecule has 3 rings (SSSR count). The van der Waals surface area contributed by atoms with Gasteiger partial charge < -0.3 is 5.32 Å². The van der Waals surface area contributed by atoms with Crippen LogP contribution >= 0.6 is 23.2 Å². The molecule has 1 aromatic heterocycles. The summed E-state index contributed by atoms with van der Waals surface area (Å²) in [6.45, 7) is 2.14. The van der Waals surface area contributed by atoms with Gasteiger partial charge in [-0.15, -0.1) is 0 Å². The van der Waals surface area contributed by atoms with Crippen molar-refractivity contribution in [3.8, 4) is 0 Å². The van der Waals surface area contributed by atoms with E-state index in [0.29, 0.717) is 16.6 Å². The lowest BCUT2D eigenvalue weighted by Gasteiger charge is -2.08. The number of aromatic nitrogens is 2. The molecule has 0 spiro atoms. The highest BCUT2D eigenvalue weighted by Crippen LogP contribution is 2.29. The summed E-state index contributed by atoms with van der Waals surface area (Å²) in [4.78, 5) is 12.3. The van der Waals surface area contributed by atoms with Crippen molar-refractivity contribution in [2.24, 2.45) is 0 Å². The lowest BCUT2D eigenvalue weighted by atomic mass is 10.1. The van der Waals surface area contributed by atoms with Gasteiger partial charge in [-0.25, -0.2) is 0 Å². The van der Waals surface area contributed by atoms with E-state index in [1.807, 2.05) is 0 Å². The third-order valence-electron chi connectivity index (χ3n) is 4.01. The molecule has 0 atom stereocenters. The molecule has 3 aromatic rings. The fourth-order valence-electron chi connectivity index (χ4n) is 2.57. The van der Waals surface area contributed by atoms with Crippen molar-refractivity contribution in [3.63, 3.8) is 0 Å². The Morgan fingerprint density at radius 1 is 1.14 bits per heavy atom. The number of amides is 1. The van der Waals surface area contributed by atoms with Crippen LogP contribution in [-0.4, -0.2) is 15.7 Å². The van der Waals surface area contributed by atoms with Crippen molar-refractivity contribution in [2.75, 3.05) is 5.32 Å². The van der Waals surface area contributed by atoms with E-state index >= 15 is 0 Å². The maximum Gasteiger partial charge on any atom is 0.416 e. The lowest BCUT2D eigenvalue weighted by Crippen LogP contribution is -2.14. The molecule has 0 radical (unpaired) electrons. The number of anilines is 1. The Morgan fingerprint density at radius 2 is 1.89 bits per heavy atom. The summed E-state index contributed by atoms with van der Waals surface area (Å²) >= 11 is 12.1. The van der Waals surface area contributed by atoms with Gasteiger partial charge in [0, 0.05) is 27.4 Å². The number of rotatable bonds is 4. The maximum atomic E-state index is 12.8. The predicted octanol–water partition coefficient (Wildman–Crippen LogP) is 5.82. The average Bonchev–Trinajstić information content (AvgIpc) is 2.96. The second-order valence-corrected chi connectivity index (χ2v) is 6.94. The molecular weight excluding hydrogens is 414 g/mol. The third kappa shape index (κ3) is 4.66. The molecule has 146 valence electrons. The first-order chi connectivity index (χ1) is 13.1. The summed E-state index contributed by atoms with van der Waals surface area (Å²) in [5.41, 5.74) is 0.528. The second kappa shape index (κ2) is 7.85. The van der Waals surface area contributed by atoms with Crippen LogP contribution in [0.25, 0.3) is 0 Å². The minimum atomic E-state index is -4.52. The molecule has 1 N–H and O–H groups in total. The zero-order valence-electron chi connectivity index (χ0n) is 14.5. The Balaban J connectivity index is 1.77. The van der Waals surface area contributed by atoms with Gasteiger partial charge in [-0.3, -0.25) is 9.48 Å². The quantitative estimate of drug-likeness (QED) is 0.570. The largest absolute Gasteiger partial charge is 0.416 e. The molecule has 4 nitrogen and oxygen atoms in total. The number of carbonyl (C=O) groups is 1. The normalized spacial score (nSPS) is 11.5. The number of hydrogen-bond acceptors (Lipinski definition) is 2. The zero-order valence-corrected chi connectivity index (χ0v) is 16.0. The van der Waals surface area contributed by atoms with Crippen LogP contribution in [0.3, 0.4) is 0 Å². The molecule has 1 amide bonds. The molecule has 1 heterocycles. The van der Waals surface area contributed by atoms with E-state index < -0.39 is 17.6 Å². The van der Waals surface area contributed by atoms with Crippen molar-refractivity contribution >= 4 is 34.9 Å². The van der Waals surface area contributed by atoms with Crippen LogP contribution in [0.2, 0.25) is 10.0 Å².